The van der Waals surface area contributed by atoms with Crippen LogP contribution in [-0.4, -0.2) is 60.6 Å². The predicted octanol–water partition coefficient (Wildman–Crippen LogP) is 1.50. The first-order valence-electron chi connectivity index (χ1n) is 10.2. The lowest BCUT2D eigenvalue weighted by molar-refractivity contribution is 0.0696. The Bertz CT molecular complexity index is 1250. The van der Waals surface area contributed by atoms with Gasteiger partial charge in [0.05, 0.1) is 0 Å². The first-order valence-corrected chi connectivity index (χ1v) is 11.6. The lowest BCUT2D eigenvalue weighted by Gasteiger charge is -2.33. The van der Waals surface area contributed by atoms with Crippen molar-refractivity contribution in [2.24, 2.45) is 5.73 Å². The third-order valence-corrected chi connectivity index (χ3v) is 6.93. The van der Waals surface area contributed by atoms with E-state index in [0.717, 1.165) is 5.56 Å². The van der Waals surface area contributed by atoms with Gasteiger partial charge in [-0.2, -0.15) is 4.31 Å². The molecule has 1 aliphatic rings. The number of carbonyl (C=O) groups excluding carboxylic acids is 2. The van der Waals surface area contributed by atoms with Crippen LogP contribution >= 0.6 is 0 Å². The van der Waals surface area contributed by atoms with E-state index in [1.54, 1.807) is 41.6 Å². The molecule has 11 heteroatoms. The lowest BCUT2D eigenvalue weighted by Crippen LogP contribution is -2.50. The van der Waals surface area contributed by atoms with Gasteiger partial charge in [-0.15, -0.1) is 0 Å². The molecule has 0 radical (unpaired) electrons. The molecule has 0 bridgehead atoms. The molecule has 0 unspecified atom stereocenters. The molecule has 172 valence electrons. The van der Waals surface area contributed by atoms with E-state index >= 15 is 0 Å². The standard InChI is InChI=1S/C22H22N4O6S/c23-21(27)19-6-7-20(32-19)33(29,30)26-11-9-25(10-12-26)22(28)17-4-1-5-18(13-17)31-15-16-3-2-8-24-14-16/h1-8,13-14H,9-12,15H2,(H2,23,27). The molecule has 10 nitrogen and oxygen atoms in total. The van der Waals surface area contributed by atoms with Crippen LogP contribution in [0.25, 0.3) is 0 Å². The van der Waals surface area contributed by atoms with Gasteiger partial charge in [-0.1, -0.05) is 12.1 Å². The van der Waals surface area contributed by atoms with Crippen LogP contribution in [0.1, 0.15) is 26.5 Å². The predicted molar refractivity (Wildman–Crippen MR) is 117 cm³/mol. The number of sulfonamides is 1. The summed E-state index contributed by atoms with van der Waals surface area (Å²) >= 11 is 0. The van der Waals surface area contributed by atoms with Crippen molar-refractivity contribution in [3.63, 3.8) is 0 Å². The third-order valence-electron chi connectivity index (χ3n) is 5.15. The number of nitrogens with zero attached hydrogens (tertiary/aromatic N) is 3. The van der Waals surface area contributed by atoms with Crippen molar-refractivity contribution in [1.82, 2.24) is 14.2 Å². The van der Waals surface area contributed by atoms with E-state index in [4.69, 9.17) is 14.9 Å². The number of piperazine rings is 1. The van der Waals surface area contributed by atoms with Gasteiger partial charge in [0.1, 0.15) is 12.4 Å². The normalized spacial score (nSPS) is 14.7. The number of furan rings is 1. The smallest absolute Gasteiger partial charge is 0.284 e. The second-order valence-corrected chi connectivity index (χ2v) is 9.23. The second kappa shape index (κ2) is 9.43. The Labute approximate surface area is 190 Å². The summed E-state index contributed by atoms with van der Waals surface area (Å²) in [5, 5.41) is -0.352. The van der Waals surface area contributed by atoms with Crippen molar-refractivity contribution in [3.05, 3.63) is 77.8 Å². The zero-order chi connectivity index (χ0) is 23.4. The molecular formula is C22H22N4O6S. The maximum Gasteiger partial charge on any atom is 0.284 e. The fourth-order valence-corrected chi connectivity index (χ4v) is 4.74. The first kappa shape index (κ1) is 22.5. The summed E-state index contributed by atoms with van der Waals surface area (Å²) < 4.78 is 37.6. The van der Waals surface area contributed by atoms with Crippen molar-refractivity contribution in [1.29, 1.82) is 0 Å². The van der Waals surface area contributed by atoms with Crippen LogP contribution in [0, 0.1) is 0 Å². The van der Waals surface area contributed by atoms with E-state index in [-0.39, 0.29) is 42.9 Å². The summed E-state index contributed by atoms with van der Waals surface area (Å²) in [7, 11) is -3.93. The summed E-state index contributed by atoms with van der Waals surface area (Å²) in [6.07, 6.45) is 3.39. The van der Waals surface area contributed by atoms with Crippen molar-refractivity contribution >= 4 is 21.8 Å². The fraction of sp³-hybridized carbons (Fsp3) is 0.227. The Morgan fingerprint density at radius 1 is 1.06 bits per heavy atom. The van der Waals surface area contributed by atoms with E-state index in [0.29, 0.717) is 17.9 Å². The molecule has 1 aromatic carbocycles. The van der Waals surface area contributed by atoms with Crippen LogP contribution < -0.4 is 10.5 Å². The number of hydrogen-bond acceptors (Lipinski definition) is 7. The van der Waals surface area contributed by atoms with Crippen LogP contribution in [0.15, 0.2) is 70.4 Å². The van der Waals surface area contributed by atoms with Gasteiger partial charge in [-0.25, -0.2) is 8.42 Å². The SMILES string of the molecule is NC(=O)c1ccc(S(=O)(=O)N2CCN(C(=O)c3cccc(OCc4cccnc4)c3)CC2)o1. The molecule has 1 saturated heterocycles. The fourth-order valence-electron chi connectivity index (χ4n) is 3.40. The molecular weight excluding hydrogens is 448 g/mol. The van der Waals surface area contributed by atoms with Crippen molar-refractivity contribution in [2.45, 2.75) is 11.7 Å². The van der Waals surface area contributed by atoms with Crippen molar-refractivity contribution < 1.29 is 27.2 Å². The molecule has 3 aromatic rings. The zero-order valence-corrected chi connectivity index (χ0v) is 18.4. The van der Waals surface area contributed by atoms with Gasteiger partial charge in [0.2, 0.25) is 5.09 Å². The molecule has 1 aliphatic heterocycles. The Morgan fingerprint density at radius 3 is 2.52 bits per heavy atom. The second-order valence-electron chi connectivity index (χ2n) is 7.36. The molecule has 0 atom stereocenters. The minimum Gasteiger partial charge on any atom is -0.489 e. The molecule has 33 heavy (non-hydrogen) atoms. The highest BCUT2D eigenvalue weighted by molar-refractivity contribution is 7.89. The van der Waals surface area contributed by atoms with E-state index in [1.807, 2.05) is 12.1 Å². The Balaban J connectivity index is 1.37. The number of aromatic nitrogens is 1. The number of rotatable bonds is 7. The maximum atomic E-state index is 13.0. The van der Waals surface area contributed by atoms with Crippen LogP contribution in [0.3, 0.4) is 0 Å². The molecule has 2 N–H and O–H groups in total. The highest BCUT2D eigenvalue weighted by Crippen LogP contribution is 2.22. The molecule has 4 rings (SSSR count). The van der Waals surface area contributed by atoms with E-state index in [9.17, 15) is 18.0 Å². The van der Waals surface area contributed by atoms with Gasteiger partial charge in [-0.3, -0.25) is 14.6 Å². The Hall–Kier alpha value is -3.70. The quantitative estimate of drug-likeness (QED) is 0.553. The molecule has 2 aromatic heterocycles. The monoisotopic (exact) mass is 470 g/mol. The number of nitrogens with two attached hydrogens (primary N) is 1. The summed E-state index contributed by atoms with van der Waals surface area (Å²) in [4.78, 5) is 29.8. The Kier molecular flexibility index (Phi) is 6.43. The minimum absolute atomic E-state index is 0.0951. The number of benzene rings is 1. The molecule has 0 spiro atoms. The number of carbonyl (C=O) groups is 2. The summed E-state index contributed by atoms with van der Waals surface area (Å²) in [5.41, 5.74) is 6.48. The van der Waals surface area contributed by atoms with E-state index < -0.39 is 15.9 Å². The molecule has 2 amide bonds. The summed E-state index contributed by atoms with van der Waals surface area (Å²) in [5.74, 6) is -0.742. The minimum atomic E-state index is -3.93. The molecule has 1 fully saturated rings. The van der Waals surface area contributed by atoms with Gasteiger partial charge < -0.3 is 19.8 Å². The van der Waals surface area contributed by atoms with Gasteiger partial charge >= 0.3 is 0 Å². The highest BCUT2D eigenvalue weighted by Gasteiger charge is 2.33. The van der Waals surface area contributed by atoms with Crippen molar-refractivity contribution in [3.8, 4) is 5.75 Å². The van der Waals surface area contributed by atoms with Gasteiger partial charge in [0, 0.05) is 49.7 Å². The zero-order valence-electron chi connectivity index (χ0n) is 17.6. The molecule has 3 heterocycles. The number of ether oxygens (including phenoxy) is 1. The number of hydrogen-bond donors (Lipinski definition) is 1. The van der Waals surface area contributed by atoms with E-state index in [2.05, 4.69) is 4.98 Å². The lowest BCUT2D eigenvalue weighted by atomic mass is 10.1. The largest absolute Gasteiger partial charge is 0.489 e. The molecule has 0 aliphatic carbocycles. The van der Waals surface area contributed by atoms with Gasteiger partial charge in [0.15, 0.2) is 5.76 Å². The Morgan fingerprint density at radius 2 is 1.85 bits per heavy atom. The van der Waals surface area contributed by atoms with E-state index in [1.165, 1.54) is 16.4 Å². The van der Waals surface area contributed by atoms with Crippen LogP contribution in [-0.2, 0) is 16.6 Å². The topological polar surface area (TPSA) is 136 Å². The third kappa shape index (κ3) is 5.04. The summed E-state index contributed by atoms with van der Waals surface area (Å²) in [6.45, 7) is 0.937. The highest BCUT2D eigenvalue weighted by atomic mass is 32.2. The number of amides is 2. The van der Waals surface area contributed by atoms with Crippen LogP contribution in [0.2, 0.25) is 0 Å². The number of primary amides is 1. The van der Waals surface area contributed by atoms with Crippen molar-refractivity contribution in [2.75, 3.05) is 26.2 Å². The summed E-state index contributed by atoms with van der Waals surface area (Å²) in [6, 6.07) is 13.0. The van der Waals surface area contributed by atoms with Gasteiger partial charge in [-0.05, 0) is 36.4 Å². The number of pyridine rings is 1. The first-order chi connectivity index (χ1) is 15.8. The maximum absolute atomic E-state index is 13.0. The van der Waals surface area contributed by atoms with Crippen LogP contribution in [0.5, 0.6) is 5.75 Å². The average Bonchev–Trinajstić information content (AvgIpc) is 3.35. The molecule has 0 saturated carbocycles. The average molecular weight is 471 g/mol. The van der Waals surface area contributed by atoms with Gasteiger partial charge in [0.25, 0.3) is 21.8 Å². The van der Waals surface area contributed by atoms with Crippen LogP contribution in [0.4, 0.5) is 0 Å².